The van der Waals surface area contributed by atoms with Gasteiger partial charge in [0.15, 0.2) is 0 Å². The maximum Gasteiger partial charge on any atom is 0.0931 e. The third-order valence-corrected chi connectivity index (χ3v) is 3.69. The van der Waals surface area contributed by atoms with Crippen LogP contribution in [0, 0.1) is 18.3 Å². The van der Waals surface area contributed by atoms with Gasteiger partial charge in [-0.3, -0.25) is 0 Å². The lowest BCUT2D eigenvalue weighted by Gasteiger charge is -2.12. The highest BCUT2D eigenvalue weighted by Crippen LogP contribution is 2.31. The summed E-state index contributed by atoms with van der Waals surface area (Å²) in [6, 6.07) is 2.32. The van der Waals surface area contributed by atoms with E-state index >= 15 is 0 Å². The van der Waals surface area contributed by atoms with Gasteiger partial charge in [-0.25, -0.2) is 4.98 Å². The van der Waals surface area contributed by atoms with Crippen molar-refractivity contribution in [2.24, 2.45) is 0 Å². The summed E-state index contributed by atoms with van der Waals surface area (Å²) in [6.07, 6.45) is 2.13. The van der Waals surface area contributed by atoms with Crippen LogP contribution in [0.4, 0.5) is 0 Å². The minimum atomic E-state index is -0.395. The molecule has 0 aromatic carbocycles. The quantitative estimate of drug-likeness (QED) is 0.764. The fraction of sp³-hybridized carbons (Fsp3) is 0.636. The summed E-state index contributed by atoms with van der Waals surface area (Å²) in [6.45, 7) is 8.03. The Morgan fingerprint density at radius 1 is 1.50 bits per heavy atom. The van der Waals surface area contributed by atoms with Crippen molar-refractivity contribution in [3.63, 3.8) is 0 Å². The molecule has 2 nitrogen and oxygen atoms in total. The van der Waals surface area contributed by atoms with Crippen molar-refractivity contribution in [1.29, 1.82) is 5.26 Å². The fourth-order valence-electron chi connectivity index (χ4n) is 1.40. The molecule has 0 unspecified atom stereocenters. The monoisotopic (exact) mass is 208 g/mol. The molecule has 0 atom stereocenters. The molecule has 1 aromatic rings. The van der Waals surface area contributed by atoms with E-state index in [1.54, 1.807) is 11.3 Å². The maximum absolute atomic E-state index is 9.04. The second-order valence-corrected chi connectivity index (χ2v) is 5.09. The molecular weight excluding hydrogens is 192 g/mol. The Balaban J connectivity index is 3.05. The van der Waals surface area contributed by atoms with Gasteiger partial charge in [0.2, 0.25) is 0 Å². The van der Waals surface area contributed by atoms with Crippen LogP contribution in [0.15, 0.2) is 0 Å². The van der Waals surface area contributed by atoms with Gasteiger partial charge in [-0.1, -0.05) is 6.92 Å². The van der Waals surface area contributed by atoms with Gasteiger partial charge in [-0.15, -0.1) is 11.3 Å². The second-order valence-electron chi connectivity index (χ2n) is 4.01. The zero-order chi connectivity index (χ0) is 10.8. The first kappa shape index (κ1) is 11.2. The van der Waals surface area contributed by atoms with E-state index < -0.39 is 5.41 Å². The lowest BCUT2D eigenvalue weighted by atomic mass is 9.93. The van der Waals surface area contributed by atoms with Crippen molar-refractivity contribution >= 4 is 11.3 Å². The predicted molar refractivity (Wildman–Crippen MR) is 59.5 cm³/mol. The highest BCUT2D eigenvalue weighted by Gasteiger charge is 2.25. The molecule has 14 heavy (non-hydrogen) atoms. The van der Waals surface area contributed by atoms with E-state index in [1.165, 1.54) is 0 Å². The normalized spacial score (nSPS) is 11.4. The standard InChI is InChI=1S/C11H16N2S/c1-5-6-9-13-8(2)10(14-9)11(3,4)7-12/h5-6H2,1-4H3. The number of hydrogen-bond donors (Lipinski definition) is 0. The van der Waals surface area contributed by atoms with Crippen molar-refractivity contribution in [3.8, 4) is 6.07 Å². The van der Waals surface area contributed by atoms with Crippen molar-refractivity contribution < 1.29 is 0 Å². The minimum Gasteiger partial charge on any atom is -0.246 e. The summed E-state index contributed by atoms with van der Waals surface area (Å²) < 4.78 is 0. The molecule has 0 N–H and O–H groups in total. The predicted octanol–water partition coefficient (Wildman–Crippen LogP) is 3.21. The van der Waals surface area contributed by atoms with E-state index in [-0.39, 0.29) is 0 Å². The molecule has 0 spiro atoms. The van der Waals surface area contributed by atoms with Crippen LogP contribution in [0.3, 0.4) is 0 Å². The number of aromatic nitrogens is 1. The number of thiazole rings is 1. The van der Waals surface area contributed by atoms with Gasteiger partial charge in [0, 0.05) is 4.88 Å². The molecule has 1 aromatic heterocycles. The van der Waals surface area contributed by atoms with Crippen molar-refractivity contribution in [3.05, 3.63) is 15.6 Å². The SMILES string of the molecule is CCCc1nc(C)c(C(C)(C)C#N)s1. The average Bonchev–Trinajstić information content (AvgIpc) is 2.48. The van der Waals surface area contributed by atoms with Gasteiger partial charge >= 0.3 is 0 Å². The number of nitrogens with zero attached hydrogens (tertiary/aromatic N) is 2. The fourth-order valence-corrected chi connectivity index (χ4v) is 2.62. The molecule has 0 amide bonds. The molecule has 0 radical (unpaired) electrons. The first-order valence-electron chi connectivity index (χ1n) is 4.89. The Kier molecular flexibility index (Phi) is 3.28. The third-order valence-electron chi connectivity index (χ3n) is 2.15. The first-order valence-corrected chi connectivity index (χ1v) is 5.71. The molecule has 3 heteroatoms. The van der Waals surface area contributed by atoms with Gasteiger partial charge in [0.05, 0.1) is 22.2 Å². The first-order chi connectivity index (χ1) is 6.51. The molecule has 0 aliphatic carbocycles. The molecular formula is C11H16N2S. The van der Waals surface area contributed by atoms with Gasteiger partial charge in [-0.05, 0) is 33.6 Å². The Bertz CT molecular complexity index is 358. The number of aryl methyl sites for hydroxylation is 2. The molecule has 0 saturated carbocycles. The number of rotatable bonds is 3. The summed E-state index contributed by atoms with van der Waals surface area (Å²) >= 11 is 1.68. The van der Waals surface area contributed by atoms with E-state index in [4.69, 9.17) is 5.26 Å². The highest BCUT2D eigenvalue weighted by molar-refractivity contribution is 7.12. The molecule has 0 aliphatic heterocycles. The topological polar surface area (TPSA) is 36.7 Å². The Morgan fingerprint density at radius 3 is 2.64 bits per heavy atom. The summed E-state index contributed by atoms with van der Waals surface area (Å²) in [5.41, 5.74) is 0.623. The van der Waals surface area contributed by atoms with E-state index in [1.807, 2.05) is 20.8 Å². The highest BCUT2D eigenvalue weighted by atomic mass is 32.1. The smallest absolute Gasteiger partial charge is 0.0931 e. The molecule has 0 saturated heterocycles. The molecule has 1 rings (SSSR count). The molecule has 76 valence electrons. The zero-order valence-electron chi connectivity index (χ0n) is 9.22. The third kappa shape index (κ3) is 2.13. The van der Waals surface area contributed by atoms with Crippen LogP contribution < -0.4 is 0 Å². The minimum absolute atomic E-state index is 0.395. The van der Waals surface area contributed by atoms with Crippen molar-refractivity contribution in [2.75, 3.05) is 0 Å². The van der Waals surface area contributed by atoms with Crippen molar-refractivity contribution in [2.45, 2.75) is 46.0 Å². The summed E-state index contributed by atoms with van der Waals surface area (Å²) in [5.74, 6) is 0. The molecule has 0 bridgehead atoms. The molecule has 0 fully saturated rings. The number of hydrogen-bond acceptors (Lipinski definition) is 3. The van der Waals surface area contributed by atoms with Gasteiger partial charge in [-0.2, -0.15) is 5.26 Å². The number of nitriles is 1. The Labute approximate surface area is 89.6 Å². The Hall–Kier alpha value is -0.880. The van der Waals surface area contributed by atoms with Gasteiger partial charge in [0.25, 0.3) is 0 Å². The van der Waals surface area contributed by atoms with Crippen LogP contribution in [-0.4, -0.2) is 4.98 Å². The van der Waals surface area contributed by atoms with Crippen LogP contribution >= 0.6 is 11.3 Å². The molecule has 0 aliphatic rings. The van der Waals surface area contributed by atoms with Crippen LogP contribution in [-0.2, 0) is 11.8 Å². The van der Waals surface area contributed by atoms with Crippen LogP contribution in [0.5, 0.6) is 0 Å². The summed E-state index contributed by atoms with van der Waals surface area (Å²) in [7, 11) is 0. The Morgan fingerprint density at radius 2 is 2.14 bits per heavy atom. The van der Waals surface area contributed by atoms with Gasteiger partial charge in [0.1, 0.15) is 0 Å². The average molecular weight is 208 g/mol. The largest absolute Gasteiger partial charge is 0.246 e. The van der Waals surface area contributed by atoms with E-state index in [0.29, 0.717) is 0 Å². The summed E-state index contributed by atoms with van der Waals surface area (Å²) in [5, 5.41) is 10.2. The van der Waals surface area contributed by atoms with E-state index in [9.17, 15) is 0 Å². The van der Waals surface area contributed by atoms with E-state index in [2.05, 4.69) is 18.0 Å². The van der Waals surface area contributed by atoms with Crippen LogP contribution in [0.2, 0.25) is 0 Å². The lowest BCUT2D eigenvalue weighted by molar-refractivity contribution is 0.695. The van der Waals surface area contributed by atoms with Crippen LogP contribution in [0.25, 0.3) is 0 Å². The van der Waals surface area contributed by atoms with Crippen LogP contribution in [0.1, 0.15) is 42.8 Å². The molecule has 1 heterocycles. The second kappa shape index (κ2) is 4.10. The van der Waals surface area contributed by atoms with Crippen molar-refractivity contribution in [1.82, 2.24) is 4.98 Å². The van der Waals surface area contributed by atoms with Gasteiger partial charge < -0.3 is 0 Å². The summed E-state index contributed by atoms with van der Waals surface area (Å²) in [4.78, 5) is 5.60. The lowest BCUT2D eigenvalue weighted by Crippen LogP contribution is -2.13. The zero-order valence-corrected chi connectivity index (χ0v) is 10.0. The van der Waals surface area contributed by atoms with E-state index in [0.717, 1.165) is 28.4 Å². The maximum atomic E-state index is 9.04.